The van der Waals surface area contributed by atoms with Crippen LogP contribution < -0.4 is 10.6 Å². The van der Waals surface area contributed by atoms with E-state index < -0.39 is 0 Å². The Hall–Kier alpha value is -1.61. The minimum atomic E-state index is 0. The van der Waals surface area contributed by atoms with Crippen molar-refractivity contribution in [2.75, 3.05) is 39.3 Å². The summed E-state index contributed by atoms with van der Waals surface area (Å²) in [5.41, 5.74) is 2.40. The molecule has 1 aromatic heterocycles. The fourth-order valence-electron chi connectivity index (χ4n) is 3.55. The Morgan fingerprint density at radius 1 is 1.10 bits per heavy atom. The summed E-state index contributed by atoms with van der Waals surface area (Å²) >= 11 is 0. The van der Waals surface area contributed by atoms with E-state index in [1.165, 1.54) is 44.5 Å². The maximum Gasteiger partial charge on any atom is 0.191 e. The number of halogens is 1. The van der Waals surface area contributed by atoms with Crippen molar-refractivity contribution in [1.82, 2.24) is 25.3 Å². The van der Waals surface area contributed by atoms with E-state index in [4.69, 9.17) is 4.99 Å². The first-order valence-corrected chi connectivity index (χ1v) is 10.7. The number of unbranched alkanes of at least 4 members (excludes halogenated alkanes) is 1. The lowest BCUT2D eigenvalue weighted by Gasteiger charge is -2.14. The largest absolute Gasteiger partial charge is 0.357 e. The number of guanidine groups is 1. The molecule has 3 rings (SSSR count). The highest BCUT2D eigenvalue weighted by atomic mass is 127. The highest BCUT2D eigenvalue weighted by Crippen LogP contribution is 2.09. The number of nitrogens with one attached hydrogen (secondary N) is 2. The number of likely N-dealkylation sites (tertiary alicyclic amines) is 1. The first kappa shape index (κ1) is 23.7. The van der Waals surface area contributed by atoms with Crippen molar-refractivity contribution >= 4 is 29.9 Å². The quantitative estimate of drug-likeness (QED) is 0.223. The zero-order valence-electron chi connectivity index (χ0n) is 17.5. The zero-order chi connectivity index (χ0) is 19.4. The van der Waals surface area contributed by atoms with Gasteiger partial charge in [-0.2, -0.15) is 5.10 Å². The summed E-state index contributed by atoms with van der Waals surface area (Å²) in [5, 5.41) is 11.1. The van der Waals surface area contributed by atoms with Crippen LogP contribution in [0.3, 0.4) is 0 Å². The molecule has 0 radical (unpaired) electrons. The van der Waals surface area contributed by atoms with Crippen LogP contribution in [-0.4, -0.2) is 59.9 Å². The number of rotatable bonds is 10. The Morgan fingerprint density at radius 3 is 2.59 bits per heavy atom. The Kier molecular flexibility index (Phi) is 11.1. The molecule has 1 aromatic carbocycles. The molecule has 0 bridgehead atoms. The van der Waals surface area contributed by atoms with Crippen molar-refractivity contribution < 1.29 is 0 Å². The SMILES string of the molecule is CCNC(=NCCCCN1CCCC1)NCCc1ccc(-n2cccn2)cc1.I. The van der Waals surface area contributed by atoms with Crippen LogP contribution in [0.1, 0.15) is 38.2 Å². The normalized spacial score (nSPS) is 14.6. The molecule has 0 spiro atoms. The zero-order valence-corrected chi connectivity index (χ0v) is 19.8. The molecule has 2 N–H and O–H groups in total. The Balaban J connectivity index is 0.00000300. The third-order valence-corrected chi connectivity index (χ3v) is 5.11. The Labute approximate surface area is 192 Å². The van der Waals surface area contributed by atoms with Crippen LogP contribution in [0, 0.1) is 0 Å². The minimum Gasteiger partial charge on any atom is -0.357 e. The molecule has 0 amide bonds. The summed E-state index contributed by atoms with van der Waals surface area (Å²) in [6.07, 6.45) is 9.87. The lowest BCUT2D eigenvalue weighted by atomic mass is 10.1. The second kappa shape index (κ2) is 13.6. The lowest BCUT2D eigenvalue weighted by molar-refractivity contribution is 0.331. The van der Waals surface area contributed by atoms with Gasteiger partial charge in [0.2, 0.25) is 0 Å². The molecule has 0 unspecified atom stereocenters. The fraction of sp³-hybridized carbons (Fsp3) is 0.545. The predicted molar refractivity (Wildman–Crippen MR) is 132 cm³/mol. The molecule has 2 aromatic rings. The average Bonchev–Trinajstić information content (AvgIpc) is 3.42. The van der Waals surface area contributed by atoms with Gasteiger partial charge in [-0.25, -0.2) is 4.68 Å². The Morgan fingerprint density at radius 2 is 1.90 bits per heavy atom. The first-order chi connectivity index (χ1) is 13.8. The number of aliphatic imine (C=N–C) groups is 1. The maximum absolute atomic E-state index is 4.72. The molecule has 0 aliphatic carbocycles. The van der Waals surface area contributed by atoms with Gasteiger partial charge in [-0.1, -0.05) is 12.1 Å². The van der Waals surface area contributed by atoms with Crippen molar-refractivity contribution in [3.8, 4) is 5.69 Å². The van der Waals surface area contributed by atoms with Gasteiger partial charge < -0.3 is 15.5 Å². The van der Waals surface area contributed by atoms with Gasteiger partial charge in [-0.05, 0) is 82.4 Å². The molecule has 1 saturated heterocycles. The van der Waals surface area contributed by atoms with Crippen LogP contribution in [0.25, 0.3) is 5.69 Å². The van der Waals surface area contributed by atoms with E-state index in [1.54, 1.807) is 6.20 Å². The van der Waals surface area contributed by atoms with E-state index in [2.05, 4.69) is 51.8 Å². The van der Waals surface area contributed by atoms with Crippen molar-refractivity contribution in [3.05, 3.63) is 48.3 Å². The summed E-state index contributed by atoms with van der Waals surface area (Å²) in [6, 6.07) is 10.5. The number of aromatic nitrogens is 2. The van der Waals surface area contributed by atoms with Crippen molar-refractivity contribution in [2.45, 2.75) is 39.0 Å². The van der Waals surface area contributed by atoms with Crippen molar-refractivity contribution in [1.29, 1.82) is 0 Å². The van der Waals surface area contributed by atoms with E-state index in [0.717, 1.165) is 44.1 Å². The molecule has 1 fully saturated rings. The van der Waals surface area contributed by atoms with E-state index in [0.29, 0.717) is 0 Å². The maximum atomic E-state index is 4.72. The number of benzene rings is 1. The molecule has 1 aliphatic heterocycles. The summed E-state index contributed by atoms with van der Waals surface area (Å²) < 4.78 is 1.88. The van der Waals surface area contributed by atoms with Gasteiger partial charge in [0.15, 0.2) is 5.96 Å². The third-order valence-electron chi connectivity index (χ3n) is 5.11. The van der Waals surface area contributed by atoms with E-state index >= 15 is 0 Å². The second-order valence-electron chi connectivity index (χ2n) is 7.31. The minimum absolute atomic E-state index is 0. The summed E-state index contributed by atoms with van der Waals surface area (Å²) in [5.74, 6) is 0.928. The van der Waals surface area contributed by atoms with Crippen LogP contribution in [0.5, 0.6) is 0 Å². The highest BCUT2D eigenvalue weighted by molar-refractivity contribution is 14.0. The fourth-order valence-corrected chi connectivity index (χ4v) is 3.55. The van der Waals surface area contributed by atoms with E-state index in [1.807, 2.05) is 16.9 Å². The summed E-state index contributed by atoms with van der Waals surface area (Å²) in [7, 11) is 0. The molecule has 2 heterocycles. The number of hydrogen-bond acceptors (Lipinski definition) is 3. The van der Waals surface area contributed by atoms with Gasteiger partial charge in [-0.3, -0.25) is 4.99 Å². The molecule has 160 valence electrons. The predicted octanol–water partition coefficient (Wildman–Crippen LogP) is 3.46. The standard InChI is InChI=1S/C22H34N6.HI/c1-2-23-22(24-13-3-4-16-27-17-5-6-18-27)25-15-12-20-8-10-21(11-9-20)28-19-7-14-26-28;/h7-11,14,19H,2-6,12-13,15-18H2,1H3,(H2,23,24,25);1H. The lowest BCUT2D eigenvalue weighted by Crippen LogP contribution is -2.38. The molecule has 29 heavy (non-hydrogen) atoms. The first-order valence-electron chi connectivity index (χ1n) is 10.7. The van der Waals surface area contributed by atoms with E-state index in [9.17, 15) is 0 Å². The van der Waals surface area contributed by atoms with Crippen molar-refractivity contribution in [3.63, 3.8) is 0 Å². The van der Waals surface area contributed by atoms with Gasteiger partial charge in [0.05, 0.1) is 5.69 Å². The second-order valence-corrected chi connectivity index (χ2v) is 7.31. The number of hydrogen-bond donors (Lipinski definition) is 2. The topological polar surface area (TPSA) is 57.5 Å². The molecule has 0 atom stereocenters. The van der Waals surface area contributed by atoms with Crippen LogP contribution in [-0.2, 0) is 6.42 Å². The van der Waals surface area contributed by atoms with Gasteiger partial charge in [0.25, 0.3) is 0 Å². The number of nitrogens with zero attached hydrogens (tertiary/aromatic N) is 4. The highest BCUT2D eigenvalue weighted by Gasteiger charge is 2.09. The molecule has 7 heteroatoms. The van der Waals surface area contributed by atoms with Gasteiger partial charge in [0, 0.05) is 32.0 Å². The van der Waals surface area contributed by atoms with Crippen molar-refractivity contribution in [2.24, 2.45) is 4.99 Å². The van der Waals surface area contributed by atoms with Gasteiger partial charge in [-0.15, -0.1) is 24.0 Å². The molecule has 6 nitrogen and oxygen atoms in total. The van der Waals surface area contributed by atoms with Gasteiger partial charge in [0.1, 0.15) is 0 Å². The molecular formula is C22H35IN6. The van der Waals surface area contributed by atoms with Crippen LogP contribution in [0.2, 0.25) is 0 Å². The van der Waals surface area contributed by atoms with Crippen LogP contribution >= 0.6 is 24.0 Å². The third kappa shape index (κ3) is 8.34. The molecule has 0 saturated carbocycles. The van der Waals surface area contributed by atoms with Gasteiger partial charge >= 0.3 is 0 Å². The summed E-state index contributed by atoms with van der Waals surface area (Å²) in [6.45, 7) is 8.57. The van der Waals surface area contributed by atoms with Crippen LogP contribution in [0.15, 0.2) is 47.7 Å². The summed E-state index contributed by atoms with van der Waals surface area (Å²) in [4.78, 5) is 7.30. The molecule has 1 aliphatic rings. The van der Waals surface area contributed by atoms with Crippen LogP contribution in [0.4, 0.5) is 0 Å². The molecular weight excluding hydrogens is 475 g/mol. The smallest absolute Gasteiger partial charge is 0.191 e. The average molecular weight is 510 g/mol. The Bertz CT molecular complexity index is 693. The monoisotopic (exact) mass is 510 g/mol. The van der Waals surface area contributed by atoms with E-state index in [-0.39, 0.29) is 24.0 Å².